The SMILES string of the molecule is C/C=C/C=C/C(=O)N1CCN(C(=O)c2ccc3c(c2)OCO3)CC1. The fraction of sp³-hybridized carbons (Fsp3) is 0.333. The molecule has 1 aromatic carbocycles. The summed E-state index contributed by atoms with van der Waals surface area (Å²) >= 11 is 0. The smallest absolute Gasteiger partial charge is 0.254 e. The van der Waals surface area contributed by atoms with Crippen LogP contribution >= 0.6 is 0 Å². The molecule has 1 aromatic rings. The first-order valence-electron chi connectivity index (χ1n) is 7.96. The van der Waals surface area contributed by atoms with Crippen LogP contribution in [0.3, 0.4) is 0 Å². The molecule has 0 saturated carbocycles. The Hall–Kier alpha value is -2.76. The summed E-state index contributed by atoms with van der Waals surface area (Å²) in [7, 11) is 0. The molecule has 0 atom stereocenters. The van der Waals surface area contributed by atoms with E-state index < -0.39 is 0 Å². The number of hydrogen-bond donors (Lipinski definition) is 0. The Morgan fingerprint density at radius 2 is 1.71 bits per heavy atom. The fourth-order valence-corrected chi connectivity index (χ4v) is 2.70. The second kappa shape index (κ2) is 7.21. The number of hydrogen-bond acceptors (Lipinski definition) is 4. The predicted molar refractivity (Wildman–Crippen MR) is 89.0 cm³/mol. The van der Waals surface area contributed by atoms with Crippen LogP contribution in [0, 0.1) is 0 Å². The number of fused-ring (bicyclic) bond motifs is 1. The number of allylic oxidation sites excluding steroid dienone is 3. The fourth-order valence-electron chi connectivity index (χ4n) is 2.70. The van der Waals surface area contributed by atoms with Gasteiger partial charge in [0.2, 0.25) is 12.7 Å². The molecule has 1 fully saturated rings. The van der Waals surface area contributed by atoms with Gasteiger partial charge < -0.3 is 19.3 Å². The summed E-state index contributed by atoms with van der Waals surface area (Å²) in [5.74, 6) is 1.19. The maximum absolute atomic E-state index is 12.6. The van der Waals surface area contributed by atoms with Crippen LogP contribution in [0.5, 0.6) is 11.5 Å². The number of amides is 2. The Kier molecular flexibility index (Phi) is 4.84. The van der Waals surface area contributed by atoms with E-state index in [1.54, 1.807) is 40.2 Å². The largest absolute Gasteiger partial charge is 0.454 e. The molecule has 2 aliphatic heterocycles. The molecule has 0 radical (unpaired) electrons. The average molecular weight is 328 g/mol. The van der Waals surface area contributed by atoms with Crippen molar-refractivity contribution in [3.8, 4) is 11.5 Å². The molecular formula is C18H20N2O4. The lowest BCUT2D eigenvalue weighted by molar-refractivity contribution is -0.127. The first-order valence-corrected chi connectivity index (χ1v) is 7.96. The number of rotatable bonds is 3. The standard InChI is InChI=1S/C18H20N2O4/c1-2-3-4-5-17(21)19-8-10-20(11-9-19)18(22)14-6-7-15-16(12-14)24-13-23-15/h2-7,12H,8-11,13H2,1H3/b3-2+,5-4+. The molecule has 0 aliphatic carbocycles. The van der Waals surface area contributed by atoms with Gasteiger partial charge in [-0.25, -0.2) is 0 Å². The molecule has 0 bridgehead atoms. The van der Waals surface area contributed by atoms with E-state index in [-0.39, 0.29) is 18.6 Å². The van der Waals surface area contributed by atoms with Gasteiger partial charge in [0, 0.05) is 37.8 Å². The van der Waals surface area contributed by atoms with Crippen molar-refractivity contribution in [1.82, 2.24) is 9.80 Å². The van der Waals surface area contributed by atoms with E-state index in [0.29, 0.717) is 43.2 Å². The summed E-state index contributed by atoms with van der Waals surface area (Å²) in [6.45, 7) is 4.21. The Morgan fingerprint density at radius 1 is 1.00 bits per heavy atom. The van der Waals surface area contributed by atoms with Crippen molar-refractivity contribution < 1.29 is 19.1 Å². The van der Waals surface area contributed by atoms with Gasteiger partial charge in [-0.1, -0.05) is 18.2 Å². The lowest BCUT2D eigenvalue weighted by Crippen LogP contribution is -2.50. The second-order valence-electron chi connectivity index (χ2n) is 5.57. The first-order chi connectivity index (χ1) is 11.7. The minimum Gasteiger partial charge on any atom is -0.454 e. The number of carbonyl (C=O) groups is 2. The molecule has 1 saturated heterocycles. The van der Waals surface area contributed by atoms with Crippen LogP contribution < -0.4 is 9.47 Å². The third-order valence-corrected chi connectivity index (χ3v) is 4.04. The summed E-state index contributed by atoms with van der Waals surface area (Å²) in [6.07, 6.45) is 6.96. The molecule has 126 valence electrons. The summed E-state index contributed by atoms with van der Waals surface area (Å²) in [5, 5.41) is 0. The minimum atomic E-state index is -0.0511. The van der Waals surface area contributed by atoms with Crippen LogP contribution in [-0.4, -0.2) is 54.6 Å². The van der Waals surface area contributed by atoms with E-state index in [2.05, 4.69) is 0 Å². The normalized spacial score (nSPS) is 17.0. The molecule has 2 aliphatic rings. The average Bonchev–Trinajstić information content (AvgIpc) is 3.09. The zero-order chi connectivity index (χ0) is 16.9. The van der Waals surface area contributed by atoms with Crippen LogP contribution in [0.25, 0.3) is 0 Å². The van der Waals surface area contributed by atoms with Gasteiger partial charge in [-0.2, -0.15) is 0 Å². The van der Waals surface area contributed by atoms with Gasteiger partial charge in [0.25, 0.3) is 5.91 Å². The summed E-state index contributed by atoms with van der Waals surface area (Å²) in [5.41, 5.74) is 0.576. The van der Waals surface area contributed by atoms with Gasteiger partial charge in [-0.3, -0.25) is 9.59 Å². The van der Waals surface area contributed by atoms with E-state index in [9.17, 15) is 9.59 Å². The van der Waals surface area contributed by atoms with Crippen molar-refractivity contribution >= 4 is 11.8 Å². The van der Waals surface area contributed by atoms with Crippen LogP contribution in [-0.2, 0) is 4.79 Å². The van der Waals surface area contributed by atoms with Crippen LogP contribution in [0.15, 0.2) is 42.5 Å². The van der Waals surface area contributed by atoms with Gasteiger partial charge in [0.05, 0.1) is 0 Å². The lowest BCUT2D eigenvalue weighted by Gasteiger charge is -2.34. The highest BCUT2D eigenvalue weighted by Gasteiger charge is 2.25. The minimum absolute atomic E-state index is 0.0247. The lowest BCUT2D eigenvalue weighted by atomic mass is 10.1. The number of nitrogens with zero attached hydrogens (tertiary/aromatic N) is 2. The molecule has 0 N–H and O–H groups in total. The van der Waals surface area contributed by atoms with Crippen LogP contribution in [0.1, 0.15) is 17.3 Å². The van der Waals surface area contributed by atoms with Crippen molar-refractivity contribution in [2.24, 2.45) is 0 Å². The van der Waals surface area contributed by atoms with Crippen molar-refractivity contribution in [2.75, 3.05) is 33.0 Å². The van der Waals surface area contributed by atoms with Gasteiger partial charge in [0.1, 0.15) is 0 Å². The van der Waals surface area contributed by atoms with E-state index in [0.717, 1.165) is 0 Å². The van der Waals surface area contributed by atoms with E-state index >= 15 is 0 Å². The quantitative estimate of drug-likeness (QED) is 0.627. The first kappa shape index (κ1) is 16.1. The molecule has 6 nitrogen and oxygen atoms in total. The summed E-state index contributed by atoms with van der Waals surface area (Å²) in [4.78, 5) is 28.1. The number of carbonyl (C=O) groups excluding carboxylic acids is 2. The highest BCUT2D eigenvalue weighted by atomic mass is 16.7. The zero-order valence-electron chi connectivity index (χ0n) is 13.6. The van der Waals surface area contributed by atoms with E-state index in [1.807, 2.05) is 19.1 Å². The number of benzene rings is 1. The maximum atomic E-state index is 12.6. The molecule has 2 amide bonds. The Morgan fingerprint density at radius 3 is 2.46 bits per heavy atom. The van der Waals surface area contributed by atoms with Gasteiger partial charge in [-0.15, -0.1) is 0 Å². The zero-order valence-corrected chi connectivity index (χ0v) is 13.6. The van der Waals surface area contributed by atoms with E-state index in [1.165, 1.54) is 0 Å². The molecule has 24 heavy (non-hydrogen) atoms. The van der Waals surface area contributed by atoms with Gasteiger partial charge in [-0.05, 0) is 25.1 Å². The molecule has 0 spiro atoms. The molecule has 0 unspecified atom stereocenters. The Balaban J connectivity index is 1.58. The summed E-state index contributed by atoms with van der Waals surface area (Å²) in [6, 6.07) is 5.20. The van der Waals surface area contributed by atoms with Gasteiger partial charge in [0.15, 0.2) is 11.5 Å². The molecule has 3 rings (SSSR count). The Bertz CT molecular complexity index is 688. The topological polar surface area (TPSA) is 59.1 Å². The molecule has 2 heterocycles. The van der Waals surface area contributed by atoms with Crippen molar-refractivity contribution in [2.45, 2.75) is 6.92 Å². The highest BCUT2D eigenvalue weighted by Crippen LogP contribution is 2.32. The monoisotopic (exact) mass is 328 g/mol. The maximum Gasteiger partial charge on any atom is 0.254 e. The molecule has 0 aromatic heterocycles. The number of piperazine rings is 1. The van der Waals surface area contributed by atoms with Crippen LogP contribution in [0.4, 0.5) is 0 Å². The molecule has 6 heteroatoms. The molecular weight excluding hydrogens is 308 g/mol. The van der Waals surface area contributed by atoms with E-state index in [4.69, 9.17) is 9.47 Å². The van der Waals surface area contributed by atoms with Crippen molar-refractivity contribution in [1.29, 1.82) is 0 Å². The third kappa shape index (κ3) is 3.42. The second-order valence-corrected chi connectivity index (χ2v) is 5.57. The highest BCUT2D eigenvalue weighted by molar-refractivity contribution is 5.95. The predicted octanol–water partition coefficient (Wildman–Crippen LogP) is 1.83. The number of ether oxygens (including phenoxy) is 2. The summed E-state index contributed by atoms with van der Waals surface area (Å²) < 4.78 is 10.6. The third-order valence-electron chi connectivity index (χ3n) is 4.04. The Labute approximate surface area is 140 Å². The van der Waals surface area contributed by atoms with Crippen molar-refractivity contribution in [3.63, 3.8) is 0 Å². The van der Waals surface area contributed by atoms with Crippen molar-refractivity contribution in [3.05, 3.63) is 48.1 Å². The van der Waals surface area contributed by atoms with Crippen LogP contribution in [0.2, 0.25) is 0 Å². The van der Waals surface area contributed by atoms with Gasteiger partial charge >= 0.3 is 0 Å².